The molecule has 0 saturated carbocycles. The van der Waals surface area contributed by atoms with Gasteiger partial charge in [-0.1, -0.05) is 17.7 Å². The van der Waals surface area contributed by atoms with Gasteiger partial charge in [-0.2, -0.15) is 0 Å². The maximum atomic E-state index is 13.7. The smallest absolute Gasteiger partial charge is 0.330 e. The van der Waals surface area contributed by atoms with Crippen molar-refractivity contribution in [3.8, 4) is 22.8 Å². The molecule has 2 aromatic carbocycles. The van der Waals surface area contributed by atoms with E-state index in [0.29, 0.717) is 30.0 Å². The maximum absolute atomic E-state index is 13.7. The van der Waals surface area contributed by atoms with Crippen LogP contribution in [-0.2, 0) is 19.5 Å². The number of ether oxygens (including phenoxy) is 2. The number of hydrogen-bond acceptors (Lipinski definition) is 5. The van der Waals surface area contributed by atoms with Gasteiger partial charge in [-0.25, -0.2) is 14.6 Å². The number of fused-ring (bicyclic) bond motifs is 3. The van der Waals surface area contributed by atoms with Gasteiger partial charge >= 0.3 is 11.7 Å². The first-order valence-corrected chi connectivity index (χ1v) is 11.5. The van der Waals surface area contributed by atoms with Crippen LogP contribution in [0.2, 0.25) is 0 Å². The summed E-state index contributed by atoms with van der Waals surface area (Å²) in [4.78, 5) is 29.9. The first-order valence-electron chi connectivity index (χ1n) is 11.5. The minimum atomic E-state index is -0.637. The van der Waals surface area contributed by atoms with E-state index in [1.165, 1.54) is 0 Å². The van der Waals surface area contributed by atoms with Crippen molar-refractivity contribution >= 4 is 11.7 Å². The molecule has 0 aliphatic carbocycles. The zero-order valence-electron chi connectivity index (χ0n) is 20.8. The highest BCUT2D eigenvalue weighted by Gasteiger charge is 2.22. The van der Waals surface area contributed by atoms with Crippen molar-refractivity contribution in [1.29, 1.82) is 0 Å². The lowest BCUT2D eigenvalue weighted by Gasteiger charge is -2.24. The fraction of sp³-hybridized carbons (Fsp3) is 0.346. The van der Waals surface area contributed by atoms with Crippen molar-refractivity contribution in [2.75, 3.05) is 20.8 Å². The van der Waals surface area contributed by atoms with Crippen LogP contribution >= 0.6 is 0 Å². The second-order valence-electron chi connectivity index (χ2n) is 8.74. The average molecular weight is 478 g/mol. The molecule has 0 radical (unpaired) electrons. The highest BCUT2D eigenvalue weighted by Crippen LogP contribution is 2.37. The molecule has 9 heteroatoms. The van der Waals surface area contributed by atoms with Crippen LogP contribution < -0.4 is 31.7 Å². The summed E-state index contributed by atoms with van der Waals surface area (Å²) in [5, 5.41) is 2.56. The number of aryl methyl sites for hydroxylation is 4. The van der Waals surface area contributed by atoms with Gasteiger partial charge in [-0.15, -0.1) is 0 Å². The number of nitrogens with two attached hydrogens (primary N) is 1. The van der Waals surface area contributed by atoms with Gasteiger partial charge in [0, 0.05) is 31.3 Å². The van der Waals surface area contributed by atoms with Crippen molar-refractivity contribution < 1.29 is 14.3 Å². The molecule has 3 N–H and O–H groups in total. The number of benzene rings is 2. The van der Waals surface area contributed by atoms with E-state index in [2.05, 4.69) is 17.4 Å². The molecule has 0 saturated heterocycles. The van der Waals surface area contributed by atoms with Crippen LogP contribution in [0.5, 0.6) is 11.5 Å². The Morgan fingerprint density at radius 1 is 1.06 bits per heavy atom. The van der Waals surface area contributed by atoms with Gasteiger partial charge in [0.1, 0.15) is 5.49 Å². The molecule has 0 bridgehead atoms. The summed E-state index contributed by atoms with van der Waals surface area (Å²) in [5.74, 6) is 1.25. The summed E-state index contributed by atoms with van der Waals surface area (Å²) in [6.07, 6.45) is 0.675. The molecule has 3 aromatic rings. The van der Waals surface area contributed by atoms with Crippen LogP contribution in [0.25, 0.3) is 11.3 Å². The summed E-state index contributed by atoms with van der Waals surface area (Å²) < 4.78 is 14.3. The van der Waals surface area contributed by atoms with Crippen molar-refractivity contribution in [2.45, 2.75) is 40.3 Å². The number of carbonyl (C=O) groups excluding carboxylic acids is 1. The van der Waals surface area contributed by atoms with E-state index < -0.39 is 6.03 Å². The molecule has 2 amide bonds. The molecule has 1 aliphatic heterocycles. The molecule has 4 rings (SSSR count). The molecule has 35 heavy (non-hydrogen) atoms. The van der Waals surface area contributed by atoms with Gasteiger partial charge in [-0.3, -0.25) is 9.13 Å². The topological polar surface area (TPSA) is 113 Å². The Morgan fingerprint density at radius 2 is 1.71 bits per heavy atom. The van der Waals surface area contributed by atoms with E-state index in [9.17, 15) is 9.59 Å². The zero-order valence-corrected chi connectivity index (χ0v) is 20.8. The van der Waals surface area contributed by atoms with E-state index in [1.54, 1.807) is 23.4 Å². The summed E-state index contributed by atoms with van der Waals surface area (Å²) in [6, 6.07) is 9.30. The summed E-state index contributed by atoms with van der Waals surface area (Å²) >= 11 is 0. The van der Waals surface area contributed by atoms with E-state index in [1.807, 2.05) is 39.0 Å². The quantitative estimate of drug-likeness (QED) is 0.568. The van der Waals surface area contributed by atoms with Gasteiger partial charge in [0.25, 0.3) is 0 Å². The molecule has 1 aliphatic rings. The van der Waals surface area contributed by atoms with E-state index in [4.69, 9.17) is 20.2 Å². The molecular formula is C26H31N5O4. The van der Waals surface area contributed by atoms with Gasteiger partial charge in [-0.05, 0) is 56.0 Å². The Hall–Kier alpha value is -4.01. The zero-order chi connectivity index (χ0) is 25.3. The number of methoxy groups -OCH3 is 2. The average Bonchev–Trinajstić information content (AvgIpc) is 2.81. The van der Waals surface area contributed by atoms with Crippen molar-refractivity contribution in [1.82, 2.24) is 14.5 Å². The number of primary amides is 1. The van der Waals surface area contributed by atoms with Gasteiger partial charge in [0.05, 0.1) is 25.6 Å². The first-order chi connectivity index (χ1) is 16.7. The minimum absolute atomic E-state index is 0.199. The van der Waals surface area contributed by atoms with E-state index in [0.717, 1.165) is 39.2 Å². The Kier molecular flexibility index (Phi) is 6.68. The number of carbonyl (C=O) groups is 1. The molecule has 9 nitrogen and oxygen atoms in total. The van der Waals surface area contributed by atoms with E-state index in [-0.39, 0.29) is 18.8 Å². The molecule has 0 atom stereocenters. The van der Waals surface area contributed by atoms with E-state index >= 15 is 0 Å². The Balaban J connectivity index is 1.98. The molecule has 184 valence electrons. The largest absolute Gasteiger partial charge is 0.493 e. The van der Waals surface area contributed by atoms with Crippen LogP contribution in [0, 0.1) is 20.8 Å². The standard InChI is InChI=1S/C26H31N5O4/c1-15-10-16(2)24(17(3)11-15)29-23-14-20-19-13-22(35-5)21(34-4)12-18(19)6-8-30(20)26(33)31(23)9-7-28-25(27)32/h10-14H,6-9H2,1-5H3,(H3,27,28,32). The maximum Gasteiger partial charge on any atom is 0.330 e. The second kappa shape index (κ2) is 9.69. The number of urea groups is 1. The van der Waals surface area contributed by atoms with Crippen LogP contribution in [-0.4, -0.2) is 35.9 Å². The fourth-order valence-electron chi connectivity index (χ4n) is 4.72. The van der Waals surface area contributed by atoms with Crippen LogP contribution in [0.4, 0.5) is 10.5 Å². The first kappa shape index (κ1) is 24.1. The molecule has 0 spiro atoms. The van der Waals surface area contributed by atoms with Crippen LogP contribution in [0.1, 0.15) is 22.3 Å². The fourth-order valence-corrected chi connectivity index (χ4v) is 4.72. The third-order valence-electron chi connectivity index (χ3n) is 6.28. The second-order valence-corrected chi connectivity index (χ2v) is 8.74. The Bertz CT molecular complexity index is 1410. The van der Waals surface area contributed by atoms with Gasteiger partial charge in [0.15, 0.2) is 11.5 Å². The SMILES string of the molecule is COc1cc2c(cc1OC)-c1cc(=Nc3c(C)cc(C)cc3C)n(CCNC(N)=O)c(=O)n1CC2. The highest BCUT2D eigenvalue weighted by atomic mass is 16.5. The molecule has 1 aromatic heterocycles. The molecule has 0 unspecified atom stereocenters. The highest BCUT2D eigenvalue weighted by molar-refractivity contribution is 5.71. The Morgan fingerprint density at radius 3 is 2.34 bits per heavy atom. The number of nitrogens with zero attached hydrogens (tertiary/aromatic N) is 3. The number of nitrogens with one attached hydrogen (secondary N) is 1. The van der Waals surface area contributed by atoms with Gasteiger partial charge in [0.2, 0.25) is 0 Å². The van der Waals surface area contributed by atoms with Crippen LogP contribution in [0.15, 0.2) is 40.1 Å². The number of hydrogen-bond donors (Lipinski definition) is 2. The summed E-state index contributed by atoms with van der Waals surface area (Å²) in [7, 11) is 3.20. The third kappa shape index (κ3) is 4.66. The van der Waals surface area contributed by atoms with Gasteiger partial charge < -0.3 is 20.5 Å². The monoisotopic (exact) mass is 477 g/mol. The van der Waals surface area contributed by atoms with Crippen molar-refractivity contribution in [2.24, 2.45) is 10.7 Å². The predicted molar refractivity (Wildman–Crippen MR) is 134 cm³/mol. The lowest BCUT2D eigenvalue weighted by molar-refractivity contribution is 0.248. The number of aromatic nitrogens is 2. The summed E-state index contributed by atoms with van der Waals surface area (Å²) in [6.45, 7) is 7.03. The van der Waals surface area contributed by atoms with Crippen molar-refractivity contribution in [3.63, 3.8) is 0 Å². The summed E-state index contributed by atoms with van der Waals surface area (Å²) in [5.41, 5.74) is 12.3. The number of amides is 2. The minimum Gasteiger partial charge on any atom is -0.493 e. The van der Waals surface area contributed by atoms with Crippen molar-refractivity contribution in [3.05, 3.63) is 68.6 Å². The third-order valence-corrected chi connectivity index (χ3v) is 6.28. The molecule has 2 heterocycles. The molecule has 0 fully saturated rings. The lowest BCUT2D eigenvalue weighted by Crippen LogP contribution is -2.44. The molecular weight excluding hydrogens is 446 g/mol. The normalized spacial score (nSPS) is 12.7. The lowest BCUT2D eigenvalue weighted by atomic mass is 9.97. The number of rotatable bonds is 6. The van der Waals surface area contributed by atoms with Crippen LogP contribution in [0.3, 0.4) is 0 Å². The predicted octanol–water partition coefficient (Wildman–Crippen LogP) is 2.72. The Labute approximate surface area is 203 Å².